The second-order valence-corrected chi connectivity index (χ2v) is 7.75. The number of carbonyl (C=O) groups excluding carboxylic acids is 1. The van der Waals surface area contributed by atoms with Crippen LogP contribution in [0.5, 0.6) is 0 Å². The Kier molecular flexibility index (Phi) is 7.37. The van der Waals surface area contributed by atoms with E-state index in [1.54, 1.807) is 11.8 Å². The van der Waals surface area contributed by atoms with E-state index in [0.717, 1.165) is 33.2 Å². The van der Waals surface area contributed by atoms with Gasteiger partial charge in [-0.2, -0.15) is 11.8 Å². The molecule has 138 valence electrons. The molecule has 0 saturated heterocycles. The fourth-order valence-corrected chi connectivity index (χ4v) is 3.90. The zero-order valence-electron chi connectivity index (χ0n) is 15.0. The van der Waals surface area contributed by atoms with E-state index in [-0.39, 0.29) is 5.91 Å². The average molecular weight is 396 g/mol. The van der Waals surface area contributed by atoms with Crippen molar-refractivity contribution in [1.29, 1.82) is 0 Å². The number of hydrogen-bond donors (Lipinski definition) is 1. The monoisotopic (exact) mass is 395 g/mol. The van der Waals surface area contributed by atoms with Crippen molar-refractivity contribution in [2.24, 2.45) is 0 Å². The third kappa shape index (κ3) is 6.16. The molecule has 0 aliphatic carbocycles. The number of halogens is 1. The molecule has 1 N–H and O–H groups in total. The highest BCUT2D eigenvalue weighted by atomic mass is 35.5. The summed E-state index contributed by atoms with van der Waals surface area (Å²) < 4.78 is 0. The lowest BCUT2D eigenvalue weighted by atomic mass is 10.0. The fraction of sp³-hybridized carbons (Fsp3) is 0.174. The second-order valence-electron chi connectivity index (χ2n) is 6.23. The van der Waals surface area contributed by atoms with Crippen molar-refractivity contribution in [3.8, 4) is 11.1 Å². The minimum Gasteiger partial charge on any atom is -0.355 e. The summed E-state index contributed by atoms with van der Waals surface area (Å²) in [7, 11) is 0. The van der Waals surface area contributed by atoms with Crippen molar-refractivity contribution in [3.05, 3.63) is 95.0 Å². The third-order valence-electron chi connectivity index (χ3n) is 4.21. The number of nitrogens with one attached hydrogen (secondary N) is 1. The minimum atomic E-state index is 0.0563. The van der Waals surface area contributed by atoms with E-state index >= 15 is 0 Å². The molecule has 0 fully saturated rings. The molecule has 0 atom stereocenters. The maximum Gasteiger partial charge on any atom is 0.224 e. The van der Waals surface area contributed by atoms with Crippen LogP contribution in [0.15, 0.2) is 78.9 Å². The summed E-state index contributed by atoms with van der Waals surface area (Å²) in [6, 6.07) is 26.3. The summed E-state index contributed by atoms with van der Waals surface area (Å²) >= 11 is 7.91. The normalized spacial score (nSPS) is 10.6. The predicted molar refractivity (Wildman–Crippen MR) is 116 cm³/mol. The van der Waals surface area contributed by atoms with Gasteiger partial charge >= 0.3 is 0 Å². The highest BCUT2D eigenvalue weighted by Gasteiger charge is 2.04. The van der Waals surface area contributed by atoms with Crippen molar-refractivity contribution >= 4 is 29.3 Å². The first-order chi connectivity index (χ1) is 13.2. The van der Waals surface area contributed by atoms with Gasteiger partial charge in [0.05, 0.1) is 6.42 Å². The SMILES string of the molecule is O=C(Cc1ccc(-c2ccccc2)cc1)NCCSCc1ccccc1Cl. The van der Waals surface area contributed by atoms with Gasteiger partial charge in [-0.25, -0.2) is 0 Å². The van der Waals surface area contributed by atoms with Gasteiger partial charge in [0.15, 0.2) is 0 Å². The van der Waals surface area contributed by atoms with Crippen LogP contribution in [-0.2, 0) is 17.0 Å². The lowest BCUT2D eigenvalue weighted by Gasteiger charge is -2.07. The second kappa shape index (κ2) is 10.2. The van der Waals surface area contributed by atoms with Gasteiger partial charge < -0.3 is 5.32 Å². The molecule has 27 heavy (non-hydrogen) atoms. The molecule has 0 spiro atoms. The molecule has 0 unspecified atom stereocenters. The van der Waals surface area contributed by atoms with Gasteiger partial charge in [-0.3, -0.25) is 4.79 Å². The summed E-state index contributed by atoms with van der Waals surface area (Å²) in [6.07, 6.45) is 0.407. The Morgan fingerprint density at radius 2 is 1.52 bits per heavy atom. The van der Waals surface area contributed by atoms with Crippen molar-refractivity contribution in [1.82, 2.24) is 5.32 Å². The van der Waals surface area contributed by atoms with Gasteiger partial charge in [0.25, 0.3) is 0 Å². The third-order valence-corrected chi connectivity index (χ3v) is 5.59. The standard InChI is InChI=1S/C23H22ClNOS/c24-22-9-5-4-8-21(22)17-27-15-14-25-23(26)16-18-10-12-20(13-11-18)19-6-2-1-3-7-19/h1-13H,14-17H2,(H,25,26). The maximum absolute atomic E-state index is 12.1. The first-order valence-corrected chi connectivity index (χ1v) is 10.5. The number of thioether (sulfide) groups is 1. The molecular weight excluding hydrogens is 374 g/mol. The van der Waals surface area contributed by atoms with Crippen molar-refractivity contribution < 1.29 is 4.79 Å². The Morgan fingerprint density at radius 1 is 0.852 bits per heavy atom. The van der Waals surface area contributed by atoms with E-state index in [0.29, 0.717) is 13.0 Å². The van der Waals surface area contributed by atoms with E-state index < -0.39 is 0 Å². The molecule has 0 heterocycles. The molecule has 0 aromatic heterocycles. The quantitative estimate of drug-likeness (QED) is 0.503. The van der Waals surface area contributed by atoms with E-state index in [2.05, 4.69) is 29.6 Å². The summed E-state index contributed by atoms with van der Waals surface area (Å²) in [6.45, 7) is 0.663. The number of carbonyl (C=O) groups is 1. The minimum absolute atomic E-state index is 0.0563. The molecule has 3 rings (SSSR count). The predicted octanol–water partition coefficient (Wildman–Crippen LogP) is 5.60. The zero-order valence-corrected chi connectivity index (χ0v) is 16.6. The van der Waals surface area contributed by atoms with Gasteiger partial charge in [0.2, 0.25) is 5.91 Å². The number of amides is 1. The van der Waals surface area contributed by atoms with Crippen LogP contribution in [0.3, 0.4) is 0 Å². The molecule has 0 aliphatic rings. The molecular formula is C23H22ClNOS. The van der Waals surface area contributed by atoms with Gasteiger partial charge in [-0.1, -0.05) is 84.4 Å². The summed E-state index contributed by atoms with van der Waals surface area (Å²) in [5, 5.41) is 3.78. The lowest BCUT2D eigenvalue weighted by molar-refractivity contribution is -0.120. The van der Waals surface area contributed by atoms with E-state index in [4.69, 9.17) is 11.6 Å². The number of benzene rings is 3. The molecule has 4 heteroatoms. The van der Waals surface area contributed by atoms with Crippen LogP contribution in [0.25, 0.3) is 11.1 Å². The molecule has 2 nitrogen and oxygen atoms in total. The maximum atomic E-state index is 12.1. The number of rotatable bonds is 8. The van der Waals surface area contributed by atoms with Crippen LogP contribution in [-0.4, -0.2) is 18.2 Å². The van der Waals surface area contributed by atoms with Crippen LogP contribution < -0.4 is 5.32 Å². The van der Waals surface area contributed by atoms with Crippen LogP contribution in [0.4, 0.5) is 0 Å². The lowest BCUT2D eigenvalue weighted by Crippen LogP contribution is -2.27. The molecule has 0 aliphatic heterocycles. The van der Waals surface area contributed by atoms with Crippen molar-refractivity contribution in [2.75, 3.05) is 12.3 Å². The molecule has 3 aromatic rings. The largest absolute Gasteiger partial charge is 0.355 e. The topological polar surface area (TPSA) is 29.1 Å². The highest BCUT2D eigenvalue weighted by Crippen LogP contribution is 2.21. The Hall–Kier alpha value is -2.23. The van der Waals surface area contributed by atoms with E-state index in [1.165, 1.54) is 5.56 Å². The Labute approximate surface area is 170 Å². The summed E-state index contributed by atoms with van der Waals surface area (Å²) in [5.74, 6) is 1.78. The Bertz CT molecular complexity index is 865. The van der Waals surface area contributed by atoms with Crippen LogP contribution >= 0.6 is 23.4 Å². The molecule has 3 aromatic carbocycles. The summed E-state index contributed by atoms with van der Waals surface area (Å²) in [5.41, 5.74) is 4.50. The number of hydrogen-bond acceptors (Lipinski definition) is 2. The Balaban J connectivity index is 1.38. The highest BCUT2D eigenvalue weighted by molar-refractivity contribution is 7.98. The van der Waals surface area contributed by atoms with Crippen LogP contribution in [0.1, 0.15) is 11.1 Å². The van der Waals surface area contributed by atoms with Gasteiger partial charge in [0.1, 0.15) is 0 Å². The molecule has 0 radical (unpaired) electrons. The van der Waals surface area contributed by atoms with E-state index in [1.807, 2.05) is 54.6 Å². The van der Waals surface area contributed by atoms with Crippen molar-refractivity contribution in [3.63, 3.8) is 0 Å². The van der Waals surface area contributed by atoms with Gasteiger partial charge in [-0.15, -0.1) is 0 Å². The van der Waals surface area contributed by atoms with E-state index in [9.17, 15) is 4.79 Å². The molecule has 1 amide bonds. The zero-order chi connectivity index (χ0) is 18.9. The van der Waals surface area contributed by atoms with Gasteiger partial charge in [-0.05, 0) is 28.3 Å². The molecule has 0 bridgehead atoms. The van der Waals surface area contributed by atoms with Crippen molar-refractivity contribution in [2.45, 2.75) is 12.2 Å². The fourth-order valence-electron chi connectivity index (χ4n) is 2.75. The van der Waals surface area contributed by atoms with Crippen LogP contribution in [0.2, 0.25) is 5.02 Å². The first kappa shape index (κ1) is 19.5. The first-order valence-electron chi connectivity index (χ1n) is 8.94. The van der Waals surface area contributed by atoms with Gasteiger partial charge in [0, 0.05) is 23.1 Å². The average Bonchev–Trinajstić information content (AvgIpc) is 2.70. The smallest absolute Gasteiger partial charge is 0.224 e. The summed E-state index contributed by atoms with van der Waals surface area (Å²) in [4.78, 5) is 12.1. The molecule has 0 saturated carbocycles. The van der Waals surface area contributed by atoms with Crippen LogP contribution in [0, 0.1) is 0 Å². The Morgan fingerprint density at radius 3 is 2.26 bits per heavy atom.